The van der Waals surface area contributed by atoms with E-state index in [0.29, 0.717) is 28.8 Å². The maximum Gasteiger partial charge on any atom is 0.197 e. The summed E-state index contributed by atoms with van der Waals surface area (Å²) in [7, 11) is -1.34. The van der Waals surface area contributed by atoms with E-state index in [1.165, 1.54) is 0 Å². The van der Waals surface area contributed by atoms with Gasteiger partial charge in [0, 0.05) is 12.3 Å². The van der Waals surface area contributed by atoms with Crippen LogP contribution in [0.15, 0.2) is 96.3 Å². The number of fused-ring (bicyclic) bond motifs is 1. The summed E-state index contributed by atoms with van der Waals surface area (Å²) < 4.78 is 18.7. The second kappa shape index (κ2) is 9.69. The lowest BCUT2D eigenvalue weighted by Gasteiger charge is -2.09. The number of benzene rings is 3. The Morgan fingerprint density at radius 1 is 0.941 bits per heavy atom. The summed E-state index contributed by atoms with van der Waals surface area (Å²) >= 11 is 0. The van der Waals surface area contributed by atoms with Gasteiger partial charge in [-0.3, -0.25) is 9.19 Å². The fourth-order valence-electron chi connectivity index (χ4n) is 3.59. The maximum atomic E-state index is 12.8. The number of nitrogens with one attached hydrogen (secondary N) is 1. The Morgan fingerprint density at radius 3 is 2.62 bits per heavy atom. The van der Waals surface area contributed by atoms with Gasteiger partial charge < -0.3 is 9.72 Å². The van der Waals surface area contributed by atoms with Crippen LogP contribution < -0.4 is 4.74 Å². The summed E-state index contributed by atoms with van der Waals surface area (Å²) in [5, 5.41) is 9.53. The fourth-order valence-corrected chi connectivity index (χ4v) is 4.58. The molecule has 3 aromatic carbocycles. The number of aromatic nitrogens is 3. The van der Waals surface area contributed by atoms with E-state index in [1.54, 1.807) is 18.3 Å². The summed E-state index contributed by atoms with van der Waals surface area (Å²) in [6.07, 6.45) is 1.66. The van der Waals surface area contributed by atoms with Gasteiger partial charge in [-0.15, -0.1) is 0 Å². The number of para-hydroxylation sites is 2. The molecule has 1 unspecified atom stereocenters. The topological polar surface area (TPSA) is 91.7 Å². The molecule has 0 aliphatic carbocycles. The van der Waals surface area contributed by atoms with Gasteiger partial charge in [-0.25, -0.2) is 4.98 Å². The molecule has 0 saturated carbocycles. The second-order valence-corrected chi connectivity index (χ2v) is 9.08. The second-order valence-electron chi connectivity index (χ2n) is 7.71. The Labute approximate surface area is 199 Å². The third kappa shape index (κ3) is 4.87. The van der Waals surface area contributed by atoms with Gasteiger partial charge in [0.25, 0.3) is 0 Å². The minimum Gasteiger partial charge on any atom is -0.489 e. The molecule has 5 aromatic rings. The van der Waals surface area contributed by atoms with Crippen molar-refractivity contribution < 1.29 is 8.95 Å². The van der Waals surface area contributed by atoms with Gasteiger partial charge in [-0.05, 0) is 47.0 Å². The van der Waals surface area contributed by atoms with Crippen molar-refractivity contribution in [2.75, 3.05) is 0 Å². The Balaban J connectivity index is 1.22. The lowest BCUT2D eigenvalue weighted by molar-refractivity contribution is 0.305. The fraction of sp³-hybridized carbons (Fsp3) is 0.0741. The zero-order valence-corrected chi connectivity index (χ0v) is 19.0. The lowest BCUT2D eigenvalue weighted by atomic mass is 10.0. The van der Waals surface area contributed by atoms with Gasteiger partial charge >= 0.3 is 0 Å². The van der Waals surface area contributed by atoms with E-state index >= 15 is 0 Å². The quantitative estimate of drug-likeness (QED) is 0.349. The summed E-state index contributed by atoms with van der Waals surface area (Å²) in [5.41, 5.74) is 6.02. The Morgan fingerprint density at radius 2 is 1.79 bits per heavy atom. The highest BCUT2D eigenvalue weighted by molar-refractivity contribution is 7.84. The molecule has 1 N–H and O–H groups in total. The zero-order valence-electron chi connectivity index (χ0n) is 18.1. The van der Waals surface area contributed by atoms with Crippen LogP contribution in [0.4, 0.5) is 0 Å². The molecule has 7 heteroatoms. The highest BCUT2D eigenvalue weighted by atomic mass is 32.2. The lowest BCUT2D eigenvalue weighted by Crippen LogP contribution is -2.02. The molecular weight excluding hydrogens is 444 g/mol. The predicted molar refractivity (Wildman–Crippen MR) is 131 cm³/mol. The highest BCUT2D eigenvalue weighted by Gasteiger charge is 2.12. The number of aromatic amines is 1. The molecule has 0 aliphatic rings. The van der Waals surface area contributed by atoms with Crippen molar-refractivity contribution in [1.82, 2.24) is 15.0 Å². The molecule has 0 spiro atoms. The van der Waals surface area contributed by atoms with E-state index in [4.69, 9.17) is 10.00 Å². The highest BCUT2D eigenvalue weighted by Crippen LogP contribution is 2.22. The Hall–Kier alpha value is -4.28. The first-order valence-corrected chi connectivity index (χ1v) is 12.0. The molecule has 0 aliphatic heterocycles. The standard InChI is InChI=1S/C27H20N4O2S/c28-16-20-4-3-5-22(14-20)21-10-8-19(9-11-21)17-33-24-12-13-29-23(15-24)18-34(32)27-30-25-6-1-2-7-26(25)31-27/h1-15H,17-18H2,(H,30,31). The summed E-state index contributed by atoms with van der Waals surface area (Å²) in [6, 6.07) is 29.0. The Kier molecular flexibility index (Phi) is 6.15. The van der Waals surface area contributed by atoms with Gasteiger partial charge in [-0.1, -0.05) is 48.5 Å². The van der Waals surface area contributed by atoms with Gasteiger partial charge in [-0.2, -0.15) is 5.26 Å². The van der Waals surface area contributed by atoms with Crippen molar-refractivity contribution in [3.8, 4) is 22.9 Å². The minimum atomic E-state index is -1.34. The number of nitriles is 1. The van der Waals surface area contributed by atoms with Crippen molar-refractivity contribution in [1.29, 1.82) is 5.26 Å². The van der Waals surface area contributed by atoms with Gasteiger partial charge in [0.2, 0.25) is 0 Å². The number of H-pyrrole nitrogens is 1. The molecule has 34 heavy (non-hydrogen) atoms. The van der Waals surface area contributed by atoms with Gasteiger partial charge in [0.15, 0.2) is 5.16 Å². The number of nitrogens with zero attached hydrogens (tertiary/aromatic N) is 3. The molecule has 2 heterocycles. The monoisotopic (exact) mass is 464 g/mol. The van der Waals surface area contributed by atoms with Crippen LogP contribution in [0.25, 0.3) is 22.2 Å². The first kappa shape index (κ1) is 21.6. The molecule has 6 nitrogen and oxygen atoms in total. The van der Waals surface area contributed by atoms with E-state index in [1.807, 2.05) is 72.8 Å². The van der Waals surface area contributed by atoms with Crippen LogP contribution in [0.3, 0.4) is 0 Å². The number of pyridine rings is 1. The largest absolute Gasteiger partial charge is 0.489 e. The predicted octanol–water partition coefficient (Wildman–Crippen LogP) is 5.38. The zero-order chi connectivity index (χ0) is 23.3. The van der Waals surface area contributed by atoms with E-state index < -0.39 is 10.8 Å². The molecule has 5 rings (SSSR count). The van der Waals surface area contributed by atoms with E-state index in [9.17, 15) is 4.21 Å². The van der Waals surface area contributed by atoms with Crippen molar-refractivity contribution in [2.45, 2.75) is 17.5 Å². The number of imidazole rings is 1. The van der Waals surface area contributed by atoms with Crippen LogP contribution in [0.1, 0.15) is 16.8 Å². The van der Waals surface area contributed by atoms with E-state index in [2.05, 4.69) is 21.0 Å². The average molecular weight is 465 g/mol. The Bertz CT molecular complexity index is 1490. The molecule has 1 atom stereocenters. The maximum absolute atomic E-state index is 12.8. The summed E-state index contributed by atoms with van der Waals surface area (Å²) in [6.45, 7) is 0.397. The third-order valence-electron chi connectivity index (χ3n) is 5.33. The number of hydrogen-bond donors (Lipinski definition) is 1. The van der Waals surface area contributed by atoms with Crippen molar-refractivity contribution in [3.05, 3.63) is 108 Å². The molecule has 0 amide bonds. The smallest absolute Gasteiger partial charge is 0.197 e. The summed E-state index contributed by atoms with van der Waals surface area (Å²) in [5.74, 6) is 0.908. The summed E-state index contributed by atoms with van der Waals surface area (Å²) in [4.78, 5) is 11.9. The third-order valence-corrected chi connectivity index (χ3v) is 6.52. The van der Waals surface area contributed by atoms with Crippen LogP contribution in [0, 0.1) is 11.3 Å². The first-order chi connectivity index (χ1) is 16.7. The van der Waals surface area contributed by atoms with Crippen LogP contribution in [-0.2, 0) is 23.2 Å². The number of hydrogen-bond acceptors (Lipinski definition) is 5. The van der Waals surface area contributed by atoms with Crippen molar-refractivity contribution >= 4 is 21.8 Å². The SMILES string of the molecule is N#Cc1cccc(-c2ccc(COc3ccnc(CS(=O)c4nc5ccccc5[nH]4)c3)cc2)c1. The molecular formula is C27H20N4O2S. The normalized spacial score (nSPS) is 11.7. The number of rotatable bonds is 7. The number of ether oxygens (including phenoxy) is 1. The van der Waals surface area contributed by atoms with Crippen molar-refractivity contribution in [3.63, 3.8) is 0 Å². The molecule has 0 fully saturated rings. The molecule has 0 bridgehead atoms. The molecule has 166 valence electrons. The molecule has 0 radical (unpaired) electrons. The van der Waals surface area contributed by atoms with Crippen LogP contribution in [0.5, 0.6) is 5.75 Å². The molecule has 0 saturated heterocycles. The van der Waals surface area contributed by atoms with E-state index in [-0.39, 0.29) is 5.75 Å². The van der Waals surface area contributed by atoms with Crippen LogP contribution in [0.2, 0.25) is 0 Å². The average Bonchev–Trinajstić information content (AvgIpc) is 3.33. The van der Waals surface area contributed by atoms with E-state index in [0.717, 1.165) is 27.7 Å². The van der Waals surface area contributed by atoms with Crippen LogP contribution in [-0.4, -0.2) is 19.2 Å². The molecule has 2 aromatic heterocycles. The van der Waals surface area contributed by atoms with Gasteiger partial charge in [0.05, 0.1) is 44.9 Å². The first-order valence-electron chi connectivity index (χ1n) is 10.7. The van der Waals surface area contributed by atoms with Gasteiger partial charge in [0.1, 0.15) is 12.4 Å². The van der Waals surface area contributed by atoms with Crippen LogP contribution >= 0.6 is 0 Å². The van der Waals surface area contributed by atoms with Crippen molar-refractivity contribution in [2.24, 2.45) is 0 Å². The minimum absolute atomic E-state index is 0.244.